The maximum Gasteiger partial charge on any atom is 0.137 e. The van der Waals surface area contributed by atoms with Gasteiger partial charge in [-0.3, -0.25) is 0 Å². The molecule has 0 unspecified atom stereocenters. The van der Waals surface area contributed by atoms with Crippen LogP contribution in [0.2, 0.25) is 0 Å². The Morgan fingerprint density at radius 2 is 0.714 bits per heavy atom. The van der Waals surface area contributed by atoms with Crippen LogP contribution >= 0.6 is 11.3 Å². The minimum absolute atomic E-state index is 0.844. The molecule has 15 aromatic rings. The molecular formula is C63H37N3O3S. The zero-order valence-corrected chi connectivity index (χ0v) is 38.2. The van der Waals surface area contributed by atoms with Crippen LogP contribution in [0.5, 0.6) is 0 Å². The molecule has 6 nitrogen and oxygen atoms in total. The van der Waals surface area contributed by atoms with E-state index in [9.17, 15) is 0 Å². The molecule has 0 atom stereocenters. The van der Waals surface area contributed by atoms with Crippen molar-refractivity contribution in [1.29, 1.82) is 0 Å². The third-order valence-corrected chi connectivity index (χ3v) is 14.9. The van der Waals surface area contributed by atoms with Crippen molar-refractivity contribution < 1.29 is 13.3 Å². The lowest BCUT2D eigenvalue weighted by molar-refractivity contribution is 0.668. The highest BCUT2D eigenvalue weighted by molar-refractivity contribution is 7.21. The Balaban J connectivity index is 0.864. The second-order valence-corrected chi connectivity index (χ2v) is 19.0. The maximum absolute atomic E-state index is 6.46. The van der Waals surface area contributed by atoms with Crippen LogP contribution in [0, 0.1) is 0 Å². The molecule has 11 aromatic carbocycles. The molecule has 0 saturated carbocycles. The third kappa shape index (κ3) is 6.15. The molecular weight excluding hydrogens is 879 g/mol. The molecule has 70 heavy (non-hydrogen) atoms. The molecule has 0 fully saturated rings. The van der Waals surface area contributed by atoms with E-state index >= 15 is 0 Å². The topological polar surface area (TPSA) is 58.8 Å². The van der Waals surface area contributed by atoms with E-state index in [4.69, 9.17) is 18.2 Å². The molecule has 0 aliphatic heterocycles. The number of para-hydroxylation sites is 3. The fraction of sp³-hybridized carbons (Fsp3) is 0. The van der Waals surface area contributed by atoms with Gasteiger partial charge in [0.2, 0.25) is 0 Å². The number of benzene rings is 11. The molecule has 0 bridgehead atoms. The minimum Gasteiger partial charge on any atom is -0.456 e. The molecule has 4 aromatic heterocycles. The monoisotopic (exact) mass is 915 g/mol. The van der Waals surface area contributed by atoms with Crippen LogP contribution < -0.4 is 9.80 Å². The van der Waals surface area contributed by atoms with Crippen molar-refractivity contribution in [2.45, 2.75) is 0 Å². The molecule has 4 heterocycles. The number of rotatable bonds is 7. The van der Waals surface area contributed by atoms with Gasteiger partial charge < -0.3 is 23.1 Å². The summed E-state index contributed by atoms with van der Waals surface area (Å²) in [6, 6.07) is 79.3. The normalized spacial score (nSPS) is 12.0. The number of thiazole rings is 1. The number of hydrogen-bond donors (Lipinski definition) is 0. The highest BCUT2D eigenvalue weighted by Crippen LogP contribution is 2.45. The first-order chi connectivity index (χ1) is 34.6. The molecule has 0 spiro atoms. The van der Waals surface area contributed by atoms with Crippen molar-refractivity contribution in [3.8, 4) is 10.6 Å². The average molecular weight is 916 g/mol. The van der Waals surface area contributed by atoms with Gasteiger partial charge in [-0.15, -0.1) is 11.3 Å². The van der Waals surface area contributed by atoms with Gasteiger partial charge in [-0.05, 0) is 125 Å². The lowest BCUT2D eigenvalue weighted by Crippen LogP contribution is -2.10. The maximum atomic E-state index is 6.46. The fourth-order valence-corrected chi connectivity index (χ4v) is 11.5. The summed E-state index contributed by atoms with van der Waals surface area (Å²) in [7, 11) is 0. The van der Waals surface area contributed by atoms with Crippen LogP contribution in [0.25, 0.3) is 108 Å². The Bertz CT molecular complexity index is 4580. The van der Waals surface area contributed by atoms with Gasteiger partial charge in [-0.1, -0.05) is 109 Å². The molecule has 0 saturated heterocycles. The largest absolute Gasteiger partial charge is 0.456 e. The smallest absolute Gasteiger partial charge is 0.137 e. The van der Waals surface area contributed by atoms with Crippen LogP contribution in [0.4, 0.5) is 34.1 Å². The van der Waals surface area contributed by atoms with Gasteiger partial charge in [0.15, 0.2) is 0 Å². The Kier molecular flexibility index (Phi) is 8.43. The number of furan rings is 3. The van der Waals surface area contributed by atoms with Gasteiger partial charge in [-0.2, -0.15) is 0 Å². The summed E-state index contributed by atoms with van der Waals surface area (Å²) in [6.45, 7) is 0. The summed E-state index contributed by atoms with van der Waals surface area (Å²) < 4.78 is 20.3. The Morgan fingerprint density at radius 3 is 1.30 bits per heavy atom. The standard InChI is InChI=1S/C63H37N3O3S/c1-2-10-38(11-3-1)63-64-55-30-24-46(37-62(55)70-63)66(45-23-29-53-50-13-5-8-16-57(50)69-61(53)36-45)42-21-27-48-40(33-42)19-18-39-32-41(20-26-47(39)48)65(43-25-31-59-54(34-43)51-14-6-9-17-58(51)67-59)44-22-28-52-49-12-4-7-15-56(49)68-60(52)35-44/h1-37H. The Hall–Kier alpha value is -9.17. The lowest BCUT2D eigenvalue weighted by atomic mass is 9.99. The predicted molar refractivity (Wildman–Crippen MR) is 291 cm³/mol. The zero-order chi connectivity index (χ0) is 45.9. The number of anilines is 6. The molecule has 0 aliphatic rings. The second kappa shape index (κ2) is 15.2. The number of nitrogens with zero attached hydrogens (tertiary/aromatic N) is 3. The predicted octanol–water partition coefficient (Wildman–Crippen LogP) is 18.9. The van der Waals surface area contributed by atoms with E-state index in [0.717, 1.165) is 131 Å². The first-order valence-corrected chi connectivity index (χ1v) is 24.2. The van der Waals surface area contributed by atoms with Crippen molar-refractivity contribution in [1.82, 2.24) is 4.98 Å². The van der Waals surface area contributed by atoms with E-state index < -0.39 is 0 Å². The lowest BCUT2D eigenvalue weighted by Gasteiger charge is -2.26. The van der Waals surface area contributed by atoms with E-state index in [0.29, 0.717) is 0 Å². The summed E-state index contributed by atoms with van der Waals surface area (Å²) in [5, 5.41) is 12.2. The van der Waals surface area contributed by atoms with E-state index in [1.807, 2.05) is 42.5 Å². The second-order valence-electron chi connectivity index (χ2n) is 17.9. The number of aromatic nitrogens is 1. The molecule has 0 amide bonds. The SMILES string of the molecule is c1ccc(-c2nc3ccc(N(c4ccc5c(ccc6cc(N(c7ccc8c(c7)oc7ccccc78)c7ccc8oc9ccccc9c8c7)ccc65)c4)c4ccc5c(c4)oc4ccccc45)cc3s2)cc1. The van der Waals surface area contributed by atoms with Crippen LogP contribution in [0.1, 0.15) is 0 Å². The van der Waals surface area contributed by atoms with E-state index in [2.05, 4.69) is 192 Å². The van der Waals surface area contributed by atoms with Crippen LogP contribution in [-0.2, 0) is 0 Å². The molecule has 15 rings (SSSR count). The van der Waals surface area contributed by atoms with Crippen LogP contribution in [0.15, 0.2) is 238 Å². The van der Waals surface area contributed by atoms with E-state index in [-0.39, 0.29) is 0 Å². The van der Waals surface area contributed by atoms with Crippen molar-refractivity contribution in [3.05, 3.63) is 224 Å². The van der Waals surface area contributed by atoms with Gasteiger partial charge >= 0.3 is 0 Å². The Morgan fingerprint density at radius 1 is 0.300 bits per heavy atom. The van der Waals surface area contributed by atoms with E-state index in [1.54, 1.807) is 11.3 Å². The average Bonchev–Trinajstić information content (AvgIpc) is 4.20. The van der Waals surface area contributed by atoms with Crippen molar-refractivity contribution in [2.24, 2.45) is 0 Å². The van der Waals surface area contributed by atoms with Gasteiger partial charge in [0, 0.05) is 84.1 Å². The highest BCUT2D eigenvalue weighted by Gasteiger charge is 2.21. The van der Waals surface area contributed by atoms with Crippen molar-refractivity contribution in [2.75, 3.05) is 9.80 Å². The van der Waals surface area contributed by atoms with Gasteiger partial charge in [0.25, 0.3) is 0 Å². The third-order valence-electron chi connectivity index (χ3n) is 13.8. The number of fused-ring (bicyclic) bond motifs is 13. The van der Waals surface area contributed by atoms with E-state index in [1.165, 1.54) is 10.8 Å². The summed E-state index contributed by atoms with van der Waals surface area (Å²) in [4.78, 5) is 9.68. The van der Waals surface area contributed by atoms with Crippen molar-refractivity contribution in [3.63, 3.8) is 0 Å². The van der Waals surface area contributed by atoms with Crippen molar-refractivity contribution >= 4 is 143 Å². The highest BCUT2D eigenvalue weighted by atomic mass is 32.1. The van der Waals surface area contributed by atoms with Gasteiger partial charge in [0.1, 0.15) is 38.5 Å². The Labute approximate surface area is 404 Å². The van der Waals surface area contributed by atoms with Crippen LogP contribution in [-0.4, -0.2) is 4.98 Å². The van der Waals surface area contributed by atoms with Gasteiger partial charge in [0.05, 0.1) is 10.2 Å². The molecule has 7 heteroatoms. The molecule has 0 radical (unpaired) electrons. The summed E-state index contributed by atoms with van der Waals surface area (Å²) in [6.07, 6.45) is 0. The molecule has 328 valence electrons. The quantitative estimate of drug-likeness (QED) is 0.149. The summed E-state index contributed by atoms with van der Waals surface area (Å²) in [5.41, 5.74) is 13.4. The first-order valence-electron chi connectivity index (χ1n) is 23.4. The van der Waals surface area contributed by atoms with Gasteiger partial charge in [-0.25, -0.2) is 4.98 Å². The summed E-state index contributed by atoms with van der Waals surface area (Å²) >= 11 is 1.72. The molecule has 0 N–H and O–H groups in total. The summed E-state index contributed by atoms with van der Waals surface area (Å²) in [5.74, 6) is 0. The fourth-order valence-electron chi connectivity index (χ4n) is 10.5. The first kappa shape index (κ1) is 38.9. The van der Waals surface area contributed by atoms with Crippen LogP contribution in [0.3, 0.4) is 0 Å². The number of hydrogen-bond acceptors (Lipinski definition) is 7. The minimum atomic E-state index is 0.844. The molecule has 0 aliphatic carbocycles. The zero-order valence-electron chi connectivity index (χ0n) is 37.3.